The van der Waals surface area contributed by atoms with Gasteiger partial charge in [0.1, 0.15) is 0 Å². The van der Waals surface area contributed by atoms with Gasteiger partial charge in [-0.3, -0.25) is 14.5 Å². The summed E-state index contributed by atoms with van der Waals surface area (Å²) < 4.78 is 0. The van der Waals surface area contributed by atoms with Crippen molar-refractivity contribution in [2.24, 2.45) is 0 Å². The third kappa shape index (κ3) is 3.42. The van der Waals surface area contributed by atoms with Gasteiger partial charge in [0.25, 0.3) is 5.56 Å². The van der Waals surface area contributed by atoms with Gasteiger partial charge >= 0.3 is 0 Å². The van der Waals surface area contributed by atoms with Crippen molar-refractivity contribution in [1.29, 1.82) is 0 Å². The minimum absolute atomic E-state index is 0.0577. The third-order valence-electron chi connectivity index (χ3n) is 4.54. The number of benzene rings is 1. The Morgan fingerprint density at radius 2 is 2.17 bits per heavy atom. The van der Waals surface area contributed by atoms with E-state index in [1.54, 1.807) is 12.1 Å². The quantitative estimate of drug-likeness (QED) is 0.865. The number of aromatic nitrogens is 2. The van der Waals surface area contributed by atoms with Crippen LogP contribution in [0.15, 0.2) is 29.1 Å². The van der Waals surface area contributed by atoms with Crippen LogP contribution in [0, 0.1) is 0 Å². The lowest BCUT2D eigenvalue weighted by Gasteiger charge is -2.22. The fraction of sp³-hybridized carbons (Fsp3) is 0.471. The molecule has 1 fully saturated rings. The Bertz CT molecular complexity index is 756. The monoisotopic (exact) mass is 314 g/mol. The maximum absolute atomic E-state index is 12.2. The average molecular weight is 314 g/mol. The molecule has 6 heteroatoms. The number of hydrogen-bond acceptors (Lipinski definition) is 4. The average Bonchev–Trinajstić information content (AvgIpc) is 3.03. The van der Waals surface area contributed by atoms with Gasteiger partial charge in [-0.2, -0.15) is 5.10 Å². The molecule has 6 nitrogen and oxygen atoms in total. The molecule has 0 bridgehead atoms. The topological polar surface area (TPSA) is 78.1 Å². The third-order valence-corrected chi connectivity index (χ3v) is 4.54. The van der Waals surface area contributed by atoms with Crippen LogP contribution in [0.2, 0.25) is 0 Å². The van der Waals surface area contributed by atoms with E-state index < -0.39 is 0 Å². The highest BCUT2D eigenvalue weighted by molar-refractivity contribution is 5.88. The Kier molecular flexibility index (Phi) is 4.71. The van der Waals surface area contributed by atoms with E-state index in [1.807, 2.05) is 12.1 Å². The molecule has 2 aromatic rings. The first-order valence-electron chi connectivity index (χ1n) is 8.16. The lowest BCUT2D eigenvalue weighted by atomic mass is 10.1. The zero-order chi connectivity index (χ0) is 16.2. The number of carbonyl (C=O) groups is 1. The van der Waals surface area contributed by atoms with Crippen LogP contribution in [0.5, 0.6) is 0 Å². The van der Waals surface area contributed by atoms with E-state index >= 15 is 0 Å². The molecule has 0 unspecified atom stereocenters. The summed E-state index contributed by atoms with van der Waals surface area (Å²) in [5.41, 5.74) is 0.380. The molecule has 0 aliphatic carbocycles. The molecular weight excluding hydrogens is 292 g/mol. The maximum Gasteiger partial charge on any atom is 0.272 e. The van der Waals surface area contributed by atoms with Crippen LogP contribution >= 0.6 is 0 Å². The lowest BCUT2D eigenvalue weighted by molar-refractivity contribution is -0.120. The van der Waals surface area contributed by atoms with Gasteiger partial charge in [-0.15, -0.1) is 0 Å². The normalized spacial score (nSPS) is 18.4. The number of amides is 1. The van der Waals surface area contributed by atoms with Crippen LogP contribution in [-0.2, 0) is 11.2 Å². The van der Waals surface area contributed by atoms with Gasteiger partial charge in [0.2, 0.25) is 5.91 Å². The molecule has 1 saturated heterocycles. The minimum atomic E-state index is -0.227. The summed E-state index contributed by atoms with van der Waals surface area (Å²) in [6, 6.07) is 7.66. The Labute approximate surface area is 134 Å². The van der Waals surface area contributed by atoms with Gasteiger partial charge in [0, 0.05) is 18.0 Å². The van der Waals surface area contributed by atoms with Crippen molar-refractivity contribution in [3.05, 3.63) is 40.3 Å². The standard InChI is InChI=1S/C17H22N4O2/c1-2-21-9-5-6-12(21)11-18-16(22)10-15-13-7-3-4-8-14(13)17(23)20-19-15/h3-4,7-8,12H,2,5-6,9-11H2,1H3,(H,18,22)(H,20,23)/t12-/m1/s1. The van der Waals surface area contributed by atoms with Crippen LogP contribution in [-0.4, -0.2) is 46.7 Å². The highest BCUT2D eigenvalue weighted by atomic mass is 16.1. The van der Waals surface area contributed by atoms with Crippen molar-refractivity contribution in [2.45, 2.75) is 32.2 Å². The van der Waals surface area contributed by atoms with Crippen LogP contribution < -0.4 is 10.9 Å². The fourth-order valence-corrected chi connectivity index (χ4v) is 3.30. The Hall–Kier alpha value is -2.21. The minimum Gasteiger partial charge on any atom is -0.354 e. The number of nitrogens with one attached hydrogen (secondary N) is 2. The first-order chi connectivity index (χ1) is 11.2. The van der Waals surface area contributed by atoms with Gasteiger partial charge in [-0.25, -0.2) is 5.10 Å². The van der Waals surface area contributed by atoms with Crippen LogP contribution in [0.4, 0.5) is 0 Å². The molecule has 2 heterocycles. The summed E-state index contributed by atoms with van der Waals surface area (Å²) >= 11 is 0. The molecule has 0 saturated carbocycles. The molecule has 0 spiro atoms. The van der Waals surface area contributed by atoms with Crippen LogP contribution in [0.3, 0.4) is 0 Å². The van der Waals surface area contributed by atoms with Gasteiger partial charge in [0.15, 0.2) is 0 Å². The summed E-state index contributed by atoms with van der Waals surface area (Å²) in [5.74, 6) is -0.0577. The van der Waals surface area contributed by atoms with Crippen molar-refractivity contribution in [3.8, 4) is 0 Å². The second-order valence-corrected chi connectivity index (χ2v) is 5.95. The first kappa shape index (κ1) is 15.7. The molecule has 1 aliphatic rings. The van der Waals surface area contributed by atoms with E-state index in [2.05, 4.69) is 27.3 Å². The molecule has 23 heavy (non-hydrogen) atoms. The molecular formula is C17H22N4O2. The van der Waals surface area contributed by atoms with Gasteiger partial charge < -0.3 is 5.32 Å². The van der Waals surface area contributed by atoms with Crippen molar-refractivity contribution in [3.63, 3.8) is 0 Å². The number of hydrogen-bond donors (Lipinski definition) is 2. The number of rotatable bonds is 5. The smallest absolute Gasteiger partial charge is 0.272 e. The number of nitrogens with zero attached hydrogens (tertiary/aromatic N) is 2. The van der Waals surface area contributed by atoms with Crippen LogP contribution in [0.25, 0.3) is 10.8 Å². The van der Waals surface area contributed by atoms with Gasteiger partial charge in [0.05, 0.1) is 17.5 Å². The Balaban J connectivity index is 1.67. The van der Waals surface area contributed by atoms with Gasteiger partial charge in [-0.05, 0) is 32.0 Å². The number of likely N-dealkylation sites (N-methyl/N-ethyl adjacent to an activating group) is 1. The summed E-state index contributed by atoms with van der Waals surface area (Å²) in [4.78, 5) is 26.4. The van der Waals surface area contributed by atoms with E-state index in [1.165, 1.54) is 6.42 Å². The molecule has 1 aromatic heterocycles. The van der Waals surface area contributed by atoms with E-state index in [9.17, 15) is 9.59 Å². The molecule has 3 rings (SSSR count). The summed E-state index contributed by atoms with van der Waals surface area (Å²) in [5, 5.41) is 10.8. The zero-order valence-corrected chi connectivity index (χ0v) is 13.3. The summed E-state index contributed by atoms with van der Waals surface area (Å²) in [6.45, 7) is 4.96. The highest BCUT2D eigenvalue weighted by Crippen LogP contribution is 2.16. The largest absolute Gasteiger partial charge is 0.354 e. The number of fused-ring (bicyclic) bond motifs is 1. The molecule has 1 aromatic carbocycles. The molecule has 1 amide bonds. The summed E-state index contributed by atoms with van der Waals surface area (Å²) in [6.07, 6.45) is 2.50. The van der Waals surface area contributed by atoms with E-state index in [-0.39, 0.29) is 17.9 Å². The molecule has 122 valence electrons. The van der Waals surface area contributed by atoms with Crippen molar-refractivity contribution in [1.82, 2.24) is 20.4 Å². The SMILES string of the molecule is CCN1CCC[C@@H]1CNC(=O)Cc1n[nH]c(=O)c2ccccc12. The molecule has 1 aliphatic heterocycles. The molecule has 0 radical (unpaired) electrons. The second kappa shape index (κ2) is 6.91. The van der Waals surface area contributed by atoms with Crippen molar-refractivity contribution >= 4 is 16.7 Å². The van der Waals surface area contributed by atoms with Crippen molar-refractivity contribution in [2.75, 3.05) is 19.6 Å². The summed E-state index contributed by atoms with van der Waals surface area (Å²) in [7, 11) is 0. The fourth-order valence-electron chi connectivity index (χ4n) is 3.30. The van der Waals surface area contributed by atoms with Crippen LogP contribution in [0.1, 0.15) is 25.5 Å². The molecule has 1 atom stereocenters. The Morgan fingerprint density at radius 1 is 1.39 bits per heavy atom. The van der Waals surface area contributed by atoms with Gasteiger partial charge in [-0.1, -0.05) is 25.1 Å². The van der Waals surface area contributed by atoms with E-state index in [4.69, 9.17) is 0 Å². The Morgan fingerprint density at radius 3 is 2.96 bits per heavy atom. The second-order valence-electron chi connectivity index (χ2n) is 5.95. The van der Waals surface area contributed by atoms with E-state index in [0.717, 1.165) is 24.9 Å². The highest BCUT2D eigenvalue weighted by Gasteiger charge is 2.23. The van der Waals surface area contributed by atoms with Crippen molar-refractivity contribution < 1.29 is 4.79 Å². The zero-order valence-electron chi connectivity index (χ0n) is 13.3. The number of H-pyrrole nitrogens is 1. The number of likely N-dealkylation sites (tertiary alicyclic amines) is 1. The predicted molar refractivity (Wildman–Crippen MR) is 89.3 cm³/mol. The number of aromatic amines is 1. The molecule has 2 N–H and O–H groups in total. The lowest BCUT2D eigenvalue weighted by Crippen LogP contribution is -2.40. The first-order valence-corrected chi connectivity index (χ1v) is 8.16. The number of carbonyl (C=O) groups excluding carboxylic acids is 1. The van der Waals surface area contributed by atoms with E-state index in [0.29, 0.717) is 23.7 Å². The maximum atomic E-state index is 12.2. The predicted octanol–water partition coefficient (Wildman–Crippen LogP) is 1.07.